The number of quaternary nitrogens is 1. The molecule has 0 radical (unpaired) electrons. The predicted octanol–water partition coefficient (Wildman–Crippen LogP) is 3.12. The molecule has 0 heterocycles. The van der Waals surface area contributed by atoms with Crippen LogP contribution in [-0.4, -0.2) is 15.0 Å². The van der Waals surface area contributed by atoms with E-state index in [2.05, 4.69) is 22.2 Å². The Bertz CT molecular complexity index is 946. The third-order valence-electron chi connectivity index (χ3n) is 4.33. The van der Waals surface area contributed by atoms with E-state index in [0.29, 0.717) is 11.6 Å². The standard InChI is InChI=1S/C21H21ClN2O2S/c22-19-11-13-20(14-12-19)27(25,26)24-16-21(18-9-5-2-6-10-18)23-15-17-7-3-1-4-8-17/h1-14,21,23-24H,15-16H2/p+1/t21-/m1/s1. The first kappa shape index (κ1) is 19.6. The van der Waals surface area contributed by atoms with Crippen LogP contribution in [0.15, 0.2) is 89.8 Å². The number of sulfonamides is 1. The maximum atomic E-state index is 12.6. The summed E-state index contributed by atoms with van der Waals surface area (Å²) >= 11 is 5.85. The SMILES string of the molecule is O=S(=O)(NC[C@@H]([NH2+]Cc1ccccc1)c1ccccc1)c1ccc(Cl)cc1. The van der Waals surface area contributed by atoms with Crippen LogP contribution in [-0.2, 0) is 16.6 Å². The Hall–Kier alpha value is -2.18. The van der Waals surface area contributed by atoms with E-state index in [9.17, 15) is 8.42 Å². The van der Waals surface area contributed by atoms with Gasteiger partial charge in [-0.15, -0.1) is 0 Å². The van der Waals surface area contributed by atoms with Gasteiger partial charge in [0.2, 0.25) is 10.0 Å². The first-order valence-electron chi connectivity index (χ1n) is 8.72. The van der Waals surface area contributed by atoms with Gasteiger partial charge in [-0.2, -0.15) is 0 Å². The molecule has 3 rings (SSSR count). The molecule has 0 amide bonds. The molecule has 0 fully saturated rings. The van der Waals surface area contributed by atoms with Crippen molar-refractivity contribution in [3.05, 3.63) is 101 Å². The largest absolute Gasteiger partial charge is 0.335 e. The smallest absolute Gasteiger partial charge is 0.240 e. The molecule has 1 atom stereocenters. The maximum absolute atomic E-state index is 12.6. The van der Waals surface area contributed by atoms with Gasteiger partial charge in [-0.3, -0.25) is 0 Å². The highest BCUT2D eigenvalue weighted by Gasteiger charge is 2.20. The molecule has 0 saturated carbocycles. The van der Waals surface area contributed by atoms with Crippen LogP contribution in [0.1, 0.15) is 17.2 Å². The summed E-state index contributed by atoms with van der Waals surface area (Å²) in [4.78, 5) is 0.210. The highest BCUT2D eigenvalue weighted by Crippen LogP contribution is 2.15. The molecule has 27 heavy (non-hydrogen) atoms. The van der Waals surface area contributed by atoms with E-state index in [-0.39, 0.29) is 10.9 Å². The maximum Gasteiger partial charge on any atom is 0.240 e. The number of halogens is 1. The molecule has 3 aromatic carbocycles. The van der Waals surface area contributed by atoms with Gasteiger partial charge in [0.25, 0.3) is 0 Å². The summed E-state index contributed by atoms with van der Waals surface area (Å²) in [7, 11) is -3.59. The number of rotatable bonds is 8. The second-order valence-corrected chi connectivity index (χ2v) is 8.45. The van der Waals surface area contributed by atoms with Crippen molar-refractivity contribution in [2.45, 2.75) is 17.5 Å². The second-order valence-electron chi connectivity index (χ2n) is 6.25. The van der Waals surface area contributed by atoms with Gasteiger partial charge >= 0.3 is 0 Å². The number of benzene rings is 3. The third-order valence-corrected chi connectivity index (χ3v) is 6.02. The monoisotopic (exact) mass is 401 g/mol. The van der Waals surface area contributed by atoms with Gasteiger partial charge in [0, 0.05) is 16.1 Å². The molecular weight excluding hydrogens is 380 g/mol. The lowest BCUT2D eigenvalue weighted by Crippen LogP contribution is -2.85. The van der Waals surface area contributed by atoms with E-state index < -0.39 is 10.0 Å². The molecule has 0 aliphatic heterocycles. The average Bonchev–Trinajstić information content (AvgIpc) is 2.70. The van der Waals surface area contributed by atoms with Crippen molar-refractivity contribution in [3.63, 3.8) is 0 Å². The third kappa shape index (κ3) is 5.65. The van der Waals surface area contributed by atoms with Gasteiger partial charge < -0.3 is 5.32 Å². The minimum absolute atomic E-state index is 0.0338. The fourth-order valence-electron chi connectivity index (χ4n) is 2.83. The number of nitrogens with two attached hydrogens (primary N) is 1. The molecule has 0 bridgehead atoms. The second kappa shape index (κ2) is 9.15. The zero-order valence-corrected chi connectivity index (χ0v) is 16.3. The quantitative estimate of drug-likeness (QED) is 0.609. The van der Waals surface area contributed by atoms with Crippen LogP contribution in [0.2, 0.25) is 5.02 Å². The van der Waals surface area contributed by atoms with Crippen LogP contribution in [0, 0.1) is 0 Å². The fraction of sp³-hybridized carbons (Fsp3) is 0.143. The molecule has 0 saturated heterocycles. The normalized spacial score (nSPS) is 12.6. The molecule has 0 aliphatic carbocycles. The highest BCUT2D eigenvalue weighted by atomic mass is 35.5. The molecule has 6 heteroatoms. The summed E-state index contributed by atoms with van der Waals surface area (Å²) in [5, 5.41) is 2.65. The summed E-state index contributed by atoms with van der Waals surface area (Å²) in [6.45, 7) is 1.06. The van der Waals surface area contributed by atoms with Gasteiger partial charge in [0.1, 0.15) is 12.6 Å². The van der Waals surface area contributed by atoms with Crippen molar-refractivity contribution in [1.29, 1.82) is 0 Å². The average molecular weight is 402 g/mol. The summed E-state index contributed by atoms with van der Waals surface area (Å²) in [6.07, 6.45) is 0. The molecule has 140 valence electrons. The lowest BCUT2D eigenvalue weighted by atomic mass is 10.1. The van der Waals surface area contributed by atoms with E-state index in [1.165, 1.54) is 17.7 Å². The Balaban J connectivity index is 1.72. The van der Waals surface area contributed by atoms with Gasteiger partial charge in [0.15, 0.2) is 0 Å². The number of hydrogen-bond acceptors (Lipinski definition) is 2. The van der Waals surface area contributed by atoms with Crippen LogP contribution < -0.4 is 10.0 Å². The van der Waals surface area contributed by atoms with Crippen LogP contribution in [0.25, 0.3) is 0 Å². The Kier molecular flexibility index (Phi) is 6.63. The van der Waals surface area contributed by atoms with E-state index in [1.807, 2.05) is 48.5 Å². The molecule has 0 unspecified atom stereocenters. The summed E-state index contributed by atoms with van der Waals surface area (Å²) in [5.41, 5.74) is 2.27. The lowest BCUT2D eigenvalue weighted by Gasteiger charge is -2.17. The molecular formula is C21H22ClN2O2S+. The van der Waals surface area contributed by atoms with E-state index in [4.69, 9.17) is 11.6 Å². The summed E-state index contributed by atoms with van der Waals surface area (Å²) < 4.78 is 27.9. The van der Waals surface area contributed by atoms with E-state index in [0.717, 1.165) is 12.1 Å². The molecule has 3 aromatic rings. The molecule has 4 nitrogen and oxygen atoms in total. The molecule has 0 spiro atoms. The van der Waals surface area contributed by atoms with Gasteiger partial charge in [-0.1, -0.05) is 72.3 Å². The topological polar surface area (TPSA) is 62.8 Å². The van der Waals surface area contributed by atoms with Crippen molar-refractivity contribution in [2.75, 3.05) is 6.54 Å². The van der Waals surface area contributed by atoms with Crippen molar-refractivity contribution >= 4 is 21.6 Å². The lowest BCUT2D eigenvalue weighted by molar-refractivity contribution is -0.709. The minimum Gasteiger partial charge on any atom is -0.335 e. The van der Waals surface area contributed by atoms with E-state index >= 15 is 0 Å². The van der Waals surface area contributed by atoms with Crippen molar-refractivity contribution in [2.24, 2.45) is 0 Å². The summed E-state index contributed by atoms with van der Waals surface area (Å²) in [5.74, 6) is 0. The van der Waals surface area contributed by atoms with Gasteiger partial charge in [-0.05, 0) is 24.3 Å². The highest BCUT2D eigenvalue weighted by molar-refractivity contribution is 7.89. The Morgan fingerprint density at radius 1 is 0.852 bits per heavy atom. The van der Waals surface area contributed by atoms with Crippen LogP contribution in [0.5, 0.6) is 0 Å². The first-order valence-corrected chi connectivity index (χ1v) is 10.6. The van der Waals surface area contributed by atoms with Crippen LogP contribution in [0.3, 0.4) is 0 Å². The Morgan fingerprint density at radius 3 is 2.07 bits per heavy atom. The van der Waals surface area contributed by atoms with Gasteiger partial charge in [-0.25, -0.2) is 13.1 Å². The van der Waals surface area contributed by atoms with Crippen molar-refractivity contribution in [3.8, 4) is 0 Å². The zero-order valence-electron chi connectivity index (χ0n) is 14.8. The molecule has 0 aromatic heterocycles. The van der Waals surface area contributed by atoms with Crippen LogP contribution in [0.4, 0.5) is 0 Å². The Labute approximate surface area is 165 Å². The first-order chi connectivity index (χ1) is 13.0. The van der Waals surface area contributed by atoms with Gasteiger partial charge in [0.05, 0.1) is 11.4 Å². The summed E-state index contributed by atoms with van der Waals surface area (Å²) in [6, 6.07) is 26.2. The zero-order chi connectivity index (χ0) is 19.1. The van der Waals surface area contributed by atoms with Crippen molar-refractivity contribution in [1.82, 2.24) is 4.72 Å². The molecule has 0 aliphatic rings. The van der Waals surface area contributed by atoms with E-state index in [1.54, 1.807) is 12.1 Å². The van der Waals surface area contributed by atoms with Crippen LogP contribution >= 0.6 is 11.6 Å². The van der Waals surface area contributed by atoms with Crippen molar-refractivity contribution < 1.29 is 13.7 Å². The number of hydrogen-bond donors (Lipinski definition) is 2. The number of nitrogens with one attached hydrogen (secondary N) is 1. The predicted molar refractivity (Wildman–Crippen MR) is 108 cm³/mol. The molecule has 3 N–H and O–H groups in total. The Morgan fingerprint density at radius 2 is 1.44 bits per heavy atom. The fourth-order valence-corrected chi connectivity index (χ4v) is 4.01. The minimum atomic E-state index is -3.59.